The molecule has 8 heteroatoms. The molecule has 2 atom stereocenters. The number of methoxy groups -OCH3 is 1. The summed E-state index contributed by atoms with van der Waals surface area (Å²) in [5, 5.41) is 5.52. The van der Waals surface area contributed by atoms with Crippen LogP contribution in [0.4, 0.5) is 10.5 Å². The van der Waals surface area contributed by atoms with Crippen LogP contribution in [0.1, 0.15) is 63.8 Å². The van der Waals surface area contributed by atoms with Crippen LogP contribution in [0.15, 0.2) is 42.5 Å². The van der Waals surface area contributed by atoms with E-state index < -0.39 is 35.6 Å². The lowest BCUT2D eigenvalue weighted by molar-refractivity contribution is -0.137. The van der Waals surface area contributed by atoms with Crippen molar-refractivity contribution in [2.45, 2.75) is 72.6 Å². The van der Waals surface area contributed by atoms with Gasteiger partial charge < -0.3 is 20.1 Å². The lowest BCUT2D eigenvalue weighted by Gasteiger charge is -2.31. The molecule has 0 aliphatic heterocycles. The molecule has 0 fully saturated rings. The molecule has 3 amide bonds. The summed E-state index contributed by atoms with van der Waals surface area (Å²) in [7, 11) is 1.55. The number of alkyl carbamates (subject to hydrolysis) is 1. The number of aryl methyl sites for hydroxylation is 2. The fourth-order valence-electron chi connectivity index (χ4n) is 3.99. The Bertz CT molecular complexity index is 1180. The fraction of sp³-hybridized carbons (Fsp3) is 0.433. The first kappa shape index (κ1) is 30.2. The smallest absolute Gasteiger partial charge is 0.408 e. The number of nitrogens with zero attached hydrogens (tertiary/aromatic N) is 1. The number of ether oxygens (including phenoxy) is 2. The standard InChI is InChI=1S/C30H39N3O5/c1-10-33(28(35)25(17-19(2)3)32-29(36)38-30(6,7)8)26(24-16-11-20(4)18-21(24)5)27(34)31-22-12-14-23(37-9)15-13-22/h1,11-16,18-19,25-26H,17H2,2-9H3,(H,31,34)(H,32,36). The zero-order chi connectivity index (χ0) is 28.6. The Kier molecular flexibility index (Phi) is 10.3. The first-order valence-corrected chi connectivity index (χ1v) is 12.6. The molecule has 8 nitrogen and oxygen atoms in total. The van der Waals surface area contributed by atoms with Crippen molar-refractivity contribution in [3.63, 3.8) is 0 Å². The predicted molar refractivity (Wildman–Crippen MR) is 149 cm³/mol. The van der Waals surface area contributed by atoms with Crippen molar-refractivity contribution in [1.82, 2.24) is 10.2 Å². The van der Waals surface area contributed by atoms with Crippen LogP contribution >= 0.6 is 0 Å². The third kappa shape index (κ3) is 8.55. The average molecular weight is 522 g/mol. The molecule has 0 saturated heterocycles. The van der Waals surface area contributed by atoms with E-state index in [2.05, 4.69) is 16.7 Å². The Labute approximate surface area is 226 Å². The Morgan fingerprint density at radius 3 is 2.18 bits per heavy atom. The minimum Gasteiger partial charge on any atom is -0.497 e. The molecule has 0 bridgehead atoms. The third-order valence-corrected chi connectivity index (χ3v) is 5.66. The van der Waals surface area contributed by atoms with E-state index in [1.165, 1.54) is 0 Å². The molecule has 0 spiro atoms. The van der Waals surface area contributed by atoms with E-state index >= 15 is 0 Å². The number of anilines is 1. The zero-order valence-electron chi connectivity index (χ0n) is 23.5. The lowest BCUT2D eigenvalue weighted by Crippen LogP contribution is -2.51. The zero-order valence-corrected chi connectivity index (χ0v) is 23.5. The molecule has 0 aliphatic rings. The van der Waals surface area contributed by atoms with Gasteiger partial charge in [-0.05, 0) is 82.3 Å². The first-order chi connectivity index (χ1) is 17.7. The van der Waals surface area contributed by atoms with Crippen LogP contribution in [0.5, 0.6) is 5.75 Å². The van der Waals surface area contributed by atoms with Crippen molar-refractivity contribution < 1.29 is 23.9 Å². The van der Waals surface area contributed by atoms with Gasteiger partial charge in [-0.2, -0.15) is 0 Å². The van der Waals surface area contributed by atoms with Gasteiger partial charge in [-0.15, -0.1) is 0 Å². The highest BCUT2D eigenvalue weighted by molar-refractivity contribution is 5.99. The van der Waals surface area contributed by atoms with Crippen LogP contribution in [0.3, 0.4) is 0 Å². The van der Waals surface area contributed by atoms with Gasteiger partial charge >= 0.3 is 6.09 Å². The maximum absolute atomic E-state index is 13.9. The second kappa shape index (κ2) is 13.0. The van der Waals surface area contributed by atoms with Gasteiger partial charge in [-0.3, -0.25) is 14.5 Å². The molecule has 2 aromatic carbocycles. The predicted octanol–water partition coefficient (Wildman–Crippen LogP) is 5.35. The summed E-state index contributed by atoms with van der Waals surface area (Å²) >= 11 is 0. The fourth-order valence-corrected chi connectivity index (χ4v) is 3.99. The van der Waals surface area contributed by atoms with Gasteiger partial charge in [0.1, 0.15) is 23.4 Å². The van der Waals surface area contributed by atoms with Crippen LogP contribution < -0.4 is 15.4 Å². The van der Waals surface area contributed by atoms with E-state index in [1.807, 2.05) is 39.8 Å². The Hall–Kier alpha value is -3.99. The van der Waals surface area contributed by atoms with Crippen LogP contribution in [0.2, 0.25) is 0 Å². The van der Waals surface area contributed by atoms with E-state index in [9.17, 15) is 14.4 Å². The SMILES string of the molecule is C#CN(C(=O)C(CC(C)C)NC(=O)OC(C)(C)C)C(C(=O)Nc1ccc(OC)cc1)c1ccc(C)cc1C. The minimum absolute atomic E-state index is 0.0474. The van der Waals surface area contributed by atoms with Crippen LogP contribution in [-0.4, -0.2) is 41.6 Å². The summed E-state index contributed by atoms with van der Waals surface area (Å²) in [4.78, 5) is 41.2. The molecule has 0 saturated carbocycles. The van der Waals surface area contributed by atoms with E-state index in [4.69, 9.17) is 15.9 Å². The van der Waals surface area contributed by atoms with Crippen molar-refractivity contribution in [3.05, 3.63) is 59.2 Å². The van der Waals surface area contributed by atoms with Gasteiger partial charge in [0.2, 0.25) is 0 Å². The van der Waals surface area contributed by atoms with Crippen molar-refractivity contribution in [2.24, 2.45) is 5.92 Å². The number of rotatable bonds is 9. The molecule has 0 aliphatic carbocycles. The number of hydrogen-bond acceptors (Lipinski definition) is 5. The van der Waals surface area contributed by atoms with E-state index in [0.717, 1.165) is 16.0 Å². The first-order valence-electron chi connectivity index (χ1n) is 12.6. The van der Waals surface area contributed by atoms with E-state index in [1.54, 1.807) is 58.2 Å². The normalized spacial score (nSPS) is 12.6. The highest BCUT2D eigenvalue weighted by atomic mass is 16.6. The molecule has 0 heterocycles. The largest absolute Gasteiger partial charge is 0.497 e. The molecule has 204 valence electrons. The second-order valence-corrected chi connectivity index (χ2v) is 10.6. The number of carbonyl (C=O) groups excluding carboxylic acids is 3. The van der Waals surface area contributed by atoms with Gasteiger partial charge in [0.05, 0.1) is 7.11 Å². The highest BCUT2D eigenvalue weighted by Crippen LogP contribution is 2.28. The lowest BCUT2D eigenvalue weighted by atomic mass is 9.95. The van der Waals surface area contributed by atoms with E-state index in [0.29, 0.717) is 23.4 Å². The quantitative estimate of drug-likeness (QED) is 0.343. The van der Waals surface area contributed by atoms with Crippen molar-refractivity contribution in [1.29, 1.82) is 0 Å². The maximum Gasteiger partial charge on any atom is 0.408 e. The maximum atomic E-state index is 13.9. The number of carbonyl (C=O) groups is 3. The Balaban J connectivity index is 2.49. The third-order valence-electron chi connectivity index (χ3n) is 5.66. The Morgan fingerprint density at radius 1 is 1.05 bits per heavy atom. The molecule has 2 N–H and O–H groups in total. The molecular weight excluding hydrogens is 482 g/mol. The molecule has 38 heavy (non-hydrogen) atoms. The summed E-state index contributed by atoms with van der Waals surface area (Å²) in [6, 6.07) is 12.7. The Morgan fingerprint density at radius 2 is 1.68 bits per heavy atom. The summed E-state index contributed by atoms with van der Waals surface area (Å²) in [6.45, 7) is 12.9. The number of hydrogen-bond donors (Lipinski definition) is 2. The van der Waals surface area contributed by atoms with Gasteiger partial charge in [0.25, 0.3) is 11.8 Å². The van der Waals surface area contributed by atoms with Crippen LogP contribution in [0, 0.1) is 32.2 Å². The molecule has 2 unspecified atom stereocenters. The highest BCUT2D eigenvalue weighted by Gasteiger charge is 2.37. The summed E-state index contributed by atoms with van der Waals surface area (Å²) in [6.07, 6.45) is 5.44. The molecule has 2 aromatic rings. The van der Waals surface area contributed by atoms with Crippen molar-refractivity contribution in [2.75, 3.05) is 12.4 Å². The molecular formula is C30H39N3O5. The number of amides is 3. The summed E-state index contributed by atoms with van der Waals surface area (Å²) < 4.78 is 10.6. The molecule has 2 rings (SSSR count). The van der Waals surface area contributed by atoms with Gasteiger partial charge in [-0.1, -0.05) is 44.0 Å². The van der Waals surface area contributed by atoms with Crippen molar-refractivity contribution >= 4 is 23.6 Å². The number of terminal acetylenes is 1. The minimum atomic E-state index is -1.15. The van der Waals surface area contributed by atoms with Crippen LogP contribution in [-0.2, 0) is 14.3 Å². The van der Waals surface area contributed by atoms with Gasteiger partial charge in [-0.25, -0.2) is 4.79 Å². The molecule has 0 radical (unpaired) electrons. The topological polar surface area (TPSA) is 97.0 Å². The number of benzene rings is 2. The van der Waals surface area contributed by atoms with Gasteiger partial charge in [0.15, 0.2) is 0 Å². The van der Waals surface area contributed by atoms with Crippen LogP contribution in [0.25, 0.3) is 0 Å². The average Bonchev–Trinajstić information content (AvgIpc) is 2.81. The second-order valence-electron chi connectivity index (χ2n) is 10.6. The summed E-state index contributed by atoms with van der Waals surface area (Å²) in [5.41, 5.74) is 2.15. The monoisotopic (exact) mass is 521 g/mol. The summed E-state index contributed by atoms with van der Waals surface area (Å²) in [5.74, 6) is -0.388. The van der Waals surface area contributed by atoms with Crippen molar-refractivity contribution in [3.8, 4) is 18.2 Å². The molecule has 0 aromatic heterocycles. The van der Waals surface area contributed by atoms with E-state index in [-0.39, 0.29) is 5.92 Å². The number of nitrogens with one attached hydrogen (secondary N) is 2. The van der Waals surface area contributed by atoms with Gasteiger partial charge in [0, 0.05) is 11.7 Å².